The Balaban J connectivity index is 2.86. The van der Waals surface area contributed by atoms with E-state index in [2.05, 4.69) is 29.4 Å². The first-order valence-corrected chi connectivity index (χ1v) is 7.49. The zero-order chi connectivity index (χ0) is 15.9. The lowest BCUT2D eigenvalue weighted by Crippen LogP contribution is -2.28. The number of nitrogens with zero attached hydrogens (tertiary/aromatic N) is 2. The summed E-state index contributed by atoms with van der Waals surface area (Å²) in [5.74, 6) is 0.903. The summed E-state index contributed by atoms with van der Waals surface area (Å²) in [4.78, 5) is 4.80. The number of benzene rings is 1. The molecule has 0 N–H and O–H groups in total. The minimum Gasteiger partial charge on any atom is -0.293 e. The van der Waals surface area contributed by atoms with Crippen LogP contribution in [0.5, 0.6) is 0 Å². The minimum atomic E-state index is 0.903. The van der Waals surface area contributed by atoms with Gasteiger partial charge in [-0.3, -0.25) is 4.57 Å². The zero-order valence-corrected chi connectivity index (χ0v) is 13.5. The molecule has 0 spiro atoms. The number of rotatable bonds is 4. The number of hydrogen-bond acceptors (Lipinski definition) is 1. The van der Waals surface area contributed by atoms with Crippen molar-refractivity contribution in [2.45, 2.75) is 20.8 Å². The standard InChI is InChI=1S/C20H22N2/c1-5-9-13-16(6-2)20-21-18(7-3)19(8-4)22(20)17-14-11-10-12-15-17/h5-15H,2H2,1,3-4H3/b9-5-,16-13+,18-7+,19-8+. The van der Waals surface area contributed by atoms with Crippen LogP contribution in [0.15, 0.2) is 61.2 Å². The molecular formula is C20H22N2. The van der Waals surface area contributed by atoms with Gasteiger partial charge in [0.05, 0.1) is 10.7 Å². The van der Waals surface area contributed by atoms with Gasteiger partial charge in [-0.15, -0.1) is 0 Å². The SMILES string of the molecule is C=C/C(=C\C=C/C)c1nc(=C/C)/c(=C\C)n1-c1ccccc1. The lowest BCUT2D eigenvalue weighted by atomic mass is 10.2. The molecule has 22 heavy (non-hydrogen) atoms. The van der Waals surface area contributed by atoms with Crippen LogP contribution in [0.1, 0.15) is 26.6 Å². The fourth-order valence-corrected chi connectivity index (χ4v) is 2.41. The van der Waals surface area contributed by atoms with Crippen molar-refractivity contribution < 1.29 is 0 Å². The van der Waals surface area contributed by atoms with Crippen LogP contribution in [0.4, 0.5) is 0 Å². The van der Waals surface area contributed by atoms with Crippen molar-refractivity contribution in [1.29, 1.82) is 0 Å². The molecule has 1 aromatic carbocycles. The third kappa shape index (κ3) is 3.01. The molecule has 0 unspecified atom stereocenters. The molecule has 112 valence electrons. The predicted octanol–water partition coefficient (Wildman–Crippen LogP) is 3.62. The van der Waals surface area contributed by atoms with Crippen LogP contribution < -0.4 is 10.7 Å². The van der Waals surface area contributed by atoms with E-state index in [0.717, 1.165) is 27.8 Å². The quantitative estimate of drug-likeness (QED) is 0.786. The van der Waals surface area contributed by atoms with E-state index in [1.54, 1.807) is 0 Å². The van der Waals surface area contributed by atoms with Gasteiger partial charge in [-0.25, -0.2) is 4.98 Å². The highest BCUT2D eigenvalue weighted by Crippen LogP contribution is 2.15. The topological polar surface area (TPSA) is 17.8 Å². The highest BCUT2D eigenvalue weighted by atomic mass is 15.1. The Hall–Kier alpha value is -2.61. The van der Waals surface area contributed by atoms with Crippen LogP contribution in [-0.2, 0) is 0 Å². The number of hydrogen-bond donors (Lipinski definition) is 0. The lowest BCUT2D eigenvalue weighted by Gasteiger charge is -2.09. The van der Waals surface area contributed by atoms with E-state index in [-0.39, 0.29) is 0 Å². The maximum absolute atomic E-state index is 4.80. The molecule has 0 fully saturated rings. The molecule has 1 aromatic heterocycles. The van der Waals surface area contributed by atoms with E-state index in [9.17, 15) is 0 Å². The average Bonchev–Trinajstić information content (AvgIpc) is 2.95. The van der Waals surface area contributed by atoms with Gasteiger partial charge in [0.2, 0.25) is 0 Å². The molecule has 0 aliphatic carbocycles. The zero-order valence-electron chi connectivity index (χ0n) is 13.5. The second-order valence-electron chi connectivity index (χ2n) is 4.81. The highest BCUT2D eigenvalue weighted by molar-refractivity contribution is 5.72. The molecule has 0 aliphatic heterocycles. The van der Waals surface area contributed by atoms with Gasteiger partial charge in [-0.2, -0.15) is 0 Å². The number of aromatic nitrogens is 2. The third-order valence-corrected chi connectivity index (χ3v) is 3.45. The second-order valence-corrected chi connectivity index (χ2v) is 4.81. The molecule has 2 heteroatoms. The highest BCUT2D eigenvalue weighted by Gasteiger charge is 2.11. The fraction of sp³-hybridized carbons (Fsp3) is 0.150. The van der Waals surface area contributed by atoms with Gasteiger partial charge in [-0.05, 0) is 32.9 Å². The molecular weight excluding hydrogens is 268 g/mol. The Labute approximate surface area is 132 Å². The van der Waals surface area contributed by atoms with Crippen molar-refractivity contribution in [3.63, 3.8) is 0 Å². The monoisotopic (exact) mass is 290 g/mol. The van der Waals surface area contributed by atoms with Crippen LogP contribution in [0.25, 0.3) is 23.4 Å². The molecule has 0 aliphatic rings. The van der Waals surface area contributed by atoms with Gasteiger partial charge in [-0.1, -0.05) is 61.2 Å². The van der Waals surface area contributed by atoms with Crippen molar-refractivity contribution in [3.8, 4) is 5.69 Å². The summed E-state index contributed by atoms with van der Waals surface area (Å²) in [6, 6.07) is 10.3. The van der Waals surface area contributed by atoms with Gasteiger partial charge in [0, 0.05) is 11.3 Å². The Bertz CT molecular complexity index is 819. The van der Waals surface area contributed by atoms with Gasteiger partial charge >= 0.3 is 0 Å². The van der Waals surface area contributed by atoms with E-state index in [1.807, 2.05) is 69.4 Å². The first-order valence-electron chi connectivity index (χ1n) is 7.49. The number of imidazole rings is 1. The Morgan fingerprint density at radius 2 is 1.82 bits per heavy atom. The molecule has 0 bridgehead atoms. The summed E-state index contributed by atoms with van der Waals surface area (Å²) < 4.78 is 2.17. The molecule has 0 atom stereocenters. The van der Waals surface area contributed by atoms with E-state index in [1.165, 1.54) is 0 Å². The van der Waals surface area contributed by atoms with Gasteiger partial charge in [0.25, 0.3) is 0 Å². The number of para-hydroxylation sites is 1. The second kappa shape index (κ2) is 7.41. The molecule has 0 amide bonds. The molecule has 2 nitrogen and oxygen atoms in total. The summed E-state index contributed by atoms with van der Waals surface area (Å²) >= 11 is 0. The molecule has 0 radical (unpaired) electrons. The van der Waals surface area contributed by atoms with Gasteiger partial charge < -0.3 is 0 Å². The smallest absolute Gasteiger partial charge is 0.145 e. The van der Waals surface area contributed by atoms with Crippen LogP contribution >= 0.6 is 0 Å². The lowest BCUT2D eigenvalue weighted by molar-refractivity contribution is 0.992. The molecule has 2 aromatic rings. The van der Waals surface area contributed by atoms with Crippen LogP contribution in [-0.4, -0.2) is 9.55 Å². The largest absolute Gasteiger partial charge is 0.293 e. The van der Waals surface area contributed by atoms with Crippen molar-refractivity contribution >= 4 is 17.7 Å². The van der Waals surface area contributed by atoms with E-state index >= 15 is 0 Å². The van der Waals surface area contributed by atoms with Gasteiger partial charge in [0.1, 0.15) is 5.82 Å². The van der Waals surface area contributed by atoms with Crippen molar-refractivity contribution in [3.05, 3.63) is 77.7 Å². The Kier molecular flexibility index (Phi) is 5.31. The number of allylic oxidation sites excluding steroid dienone is 5. The van der Waals surface area contributed by atoms with Crippen molar-refractivity contribution in [2.75, 3.05) is 0 Å². The first kappa shape index (κ1) is 15.8. The summed E-state index contributed by atoms with van der Waals surface area (Å²) in [5.41, 5.74) is 2.09. The van der Waals surface area contributed by atoms with Crippen LogP contribution in [0.2, 0.25) is 0 Å². The van der Waals surface area contributed by atoms with Gasteiger partial charge in [0.15, 0.2) is 0 Å². The van der Waals surface area contributed by atoms with Crippen LogP contribution in [0.3, 0.4) is 0 Å². The fourth-order valence-electron chi connectivity index (χ4n) is 2.41. The molecule has 2 rings (SSSR count). The average molecular weight is 290 g/mol. The molecule has 0 saturated carbocycles. The third-order valence-electron chi connectivity index (χ3n) is 3.45. The van der Waals surface area contributed by atoms with Crippen molar-refractivity contribution in [2.24, 2.45) is 0 Å². The summed E-state index contributed by atoms with van der Waals surface area (Å²) in [7, 11) is 0. The summed E-state index contributed by atoms with van der Waals surface area (Å²) in [6.07, 6.45) is 12.0. The maximum Gasteiger partial charge on any atom is 0.145 e. The Morgan fingerprint density at radius 3 is 2.36 bits per heavy atom. The van der Waals surface area contributed by atoms with Crippen molar-refractivity contribution in [1.82, 2.24) is 9.55 Å². The Morgan fingerprint density at radius 1 is 1.09 bits per heavy atom. The predicted molar refractivity (Wildman–Crippen MR) is 96.1 cm³/mol. The first-order chi connectivity index (χ1) is 10.8. The minimum absolute atomic E-state index is 0.903. The van der Waals surface area contributed by atoms with E-state index in [4.69, 9.17) is 4.98 Å². The van der Waals surface area contributed by atoms with E-state index < -0.39 is 0 Å². The molecule has 0 saturated heterocycles. The maximum atomic E-state index is 4.80. The summed E-state index contributed by atoms with van der Waals surface area (Å²) in [5, 5.41) is 2.08. The van der Waals surface area contributed by atoms with Crippen LogP contribution in [0, 0.1) is 0 Å². The normalized spacial score (nSPS) is 14.0. The van der Waals surface area contributed by atoms with E-state index in [0.29, 0.717) is 0 Å². The summed E-state index contributed by atoms with van der Waals surface area (Å²) in [6.45, 7) is 9.99. The molecule has 1 heterocycles.